The molecule has 10 heteroatoms. The number of aliphatic imine (C=N–C) groups is 1. The molecule has 32 heavy (non-hydrogen) atoms. The summed E-state index contributed by atoms with van der Waals surface area (Å²) in [6.07, 6.45) is -0.931. The van der Waals surface area contributed by atoms with Gasteiger partial charge in [0.15, 0.2) is 5.96 Å². The average Bonchev–Trinajstić information content (AvgIpc) is 3.40. The van der Waals surface area contributed by atoms with Crippen LogP contribution in [-0.2, 0) is 22.2 Å². The summed E-state index contributed by atoms with van der Waals surface area (Å²) in [5.74, 6) is 0.768. The van der Waals surface area contributed by atoms with E-state index in [2.05, 4.69) is 20.5 Å². The van der Waals surface area contributed by atoms with Crippen LogP contribution in [0, 0.1) is 0 Å². The van der Waals surface area contributed by atoms with Gasteiger partial charge < -0.3 is 20.1 Å². The first-order valence-electron chi connectivity index (χ1n) is 11.1. The lowest BCUT2D eigenvalue weighted by atomic mass is 10.1. The Morgan fingerprint density at radius 2 is 2.03 bits per heavy atom. The molecule has 2 fully saturated rings. The number of hydrogen-bond acceptors (Lipinski definition) is 4. The van der Waals surface area contributed by atoms with Gasteiger partial charge in [-0.3, -0.25) is 9.89 Å². The van der Waals surface area contributed by atoms with Crippen LogP contribution in [0.1, 0.15) is 37.3 Å². The molecule has 2 heterocycles. The Balaban J connectivity index is 0.00000363. The third-order valence-electron chi connectivity index (χ3n) is 5.48. The highest BCUT2D eigenvalue weighted by atomic mass is 127. The number of likely N-dealkylation sites (tertiary alicyclic amines) is 1. The van der Waals surface area contributed by atoms with Crippen molar-refractivity contribution in [1.82, 2.24) is 15.5 Å². The molecule has 2 unspecified atom stereocenters. The van der Waals surface area contributed by atoms with Crippen LogP contribution in [-0.4, -0.2) is 69.0 Å². The molecule has 6 nitrogen and oxygen atoms in total. The Hall–Kier alpha value is -1.11. The quantitative estimate of drug-likeness (QED) is 0.206. The fourth-order valence-corrected chi connectivity index (χ4v) is 3.88. The molecule has 182 valence electrons. The van der Waals surface area contributed by atoms with Gasteiger partial charge in [-0.1, -0.05) is 12.1 Å². The van der Waals surface area contributed by atoms with Gasteiger partial charge in [-0.25, -0.2) is 0 Å². The molecule has 0 saturated carbocycles. The van der Waals surface area contributed by atoms with Gasteiger partial charge in [0.1, 0.15) is 0 Å². The summed E-state index contributed by atoms with van der Waals surface area (Å²) >= 11 is 0. The lowest BCUT2D eigenvalue weighted by Crippen LogP contribution is -2.44. The smallest absolute Gasteiger partial charge is 0.377 e. The van der Waals surface area contributed by atoms with Crippen molar-refractivity contribution in [2.24, 2.45) is 4.99 Å². The number of benzene rings is 1. The Morgan fingerprint density at radius 3 is 2.69 bits per heavy atom. The molecule has 0 aromatic heterocycles. The third kappa shape index (κ3) is 9.03. The van der Waals surface area contributed by atoms with Crippen LogP contribution in [0.2, 0.25) is 0 Å². The van der Waals surface area contributed by atoms with Crippen molar-refractivity contribution in [3.05, 3.63) is 35.4 Å². The van der Waals surface area contributed by atoms with Crippen LogP contribution >= 0.6 is 24.0 Å². The molecule has 2 N–H and O–H groups in total. The minimum atomic E-state index is -4.29. The minimum Gasteiger partial charge on any atom is -0.377 e. The summed E-state index contributed by atoms with van der Waals surface area (Å²) in [7, 11) is 0. The Morgan fingerprint density at radius 1 is 1.25 bits per heavy atom. The van der Waals surface area contributed by atoms with Crippen LogP contribution in [0.3, 0.4) is 0 Å². The van der Waals surface area contributed by atoms with Crippen LogP contribution < -0.4 is 10.6 Å². The van der Waals surface area contributed by atoms with Crippen molar-refractivity contribution in [2.75, 3.05) is 46.0 Å². The van der Waals surface area contributed by atoms with Crippen LogP contribution in [0.15, 0.2) is 29.3 Å². The second-order valence-electron chi connectivity index (χ2n) is 8.03. The molecule has 0 aliphatic carbocycles. The molecule has 0 spiro atoms. The van der Waals surface area contributed by atoms with E-state index in [1.54, 1.807) is 12.1 Å². The zero-order valence-electron chi connectivity index (χ0n) is 18.5. The van der Waals surface area contributed by atoms with E-state index in [0.29, 0.717) is 26.3 Å². The van der Waals surface area contributed by atoms with E-state index in [1.807, 2.05) is 6.92 Å². The number of guanidine groups is 1. The highest BCUT2D eigenvalue weighted by molar-refractivity contribution is 14.0. The van der Waals surface area contributed by atoms with E-state index in [-0.39, 0.29) is 36.1 Å². The number of halogens is 4. The summed E-state index contributed by atoms with van der Waals surface area (Å²) < 4.78 is 49.3. The molecule has 3 rings (SSSR count). The monoisotopic (exact) mass is 570 g/mol. The zero-order valence-corrected chi connectivity index (χ0v) is 20.8. The lowest BCUT2D eigenvalue weighted by molar-refractivity contribution is -0.137. The molecule has 2 aliphatic rings. The fraction of sp³-hybridized carbons (Fsp3) is 0.682. The minimum absolute atomic E-state index is 0. The van der Waals surface area contributed by atoms with Crippen molar-refractivity contribution < 1.29 is 22.6 Å². The van der Waals surface area contributed by atoms with E-state index in [1.165, 1.54) is 0 Å². The maximum Gasteiger partial charge on any atom is 0.416 e. The second kappa shape index (κ2) is 13.6. The van der Waals surface area contributed by atoms with Gasteiger partial charge in [0.25, 0.3) is 0 Å². The van der Waals surface area contributed by atoms with Crippen molar-refractivity contribution in [2.45, 2.75) is 51.1 Å². The summed E-state index contributed by atoms with van der Waals surface area (Å²) in [5, 5.41) is 6.72. The summed E-state index contributed by atoms with van der Waals surface area (Å²) in [6.45, 7) is 7.73. The number of alkyl halides is 3. The number of rotatable bonds is 9. The summed E-state index contributed by atoms with van der Waals surface area (Å²) in [5.41, 5.74) is 0.279. The van der Waals surface area contributed by atoms with Gasteiger partial charge in [0.2, 0.25) is 0 Å². The van der Waals surface area contributed by atoms with Crippen molar-refractivity contribution >= 4 is 29.9 Å². The SMILES string of the molecule is CCNC(=NCCOCC1CCCO1)NC1CCN(Cc2ccc(C(F)(F)F)cc2)C1.I. The predicted molar refractivity (Wildman–Crippen MR) is 129 cm³/mol. The summed E-state index contributed by atoms with van der Waals surface area (Å²) in [6, 6.07) is 5.67. The molecular formula is C22H34F3IN4O2. The molecule has 0 radical (unpaired) electrons. The standard InChI is InChI=1S/C22H33F3N4O2.HI/c1-2-26-21(27-10-13-30-16-20-4-3-12-31-20)28-19-9-11-29(15-19)14-17-5-7-18(8-6-17)22(23,24)25;/h5-8,19-20H,2-4,9-16H2,1H3,(H2,26,27,28);1H. The van der Waals surface area contributed by atoms with Gasteiger partial charge >= 0.3 is 6.18 Å². The fourth-order valence-electron chi connectivity index (χ4n) is 3.88. The Bertz CT molecular complexity index is 697. The van der Waals surface area contributed by atoms with Crippen LogP contribution in [0.25, 0.3) is 0 Å². The second-order valence-corrected chi connectivity index (χ2v) is 8.03. The number of ether oxygens (including phenoxy) is 2. The predicted octanol–water partition coefficient (Wildman–Crippen LogP) is 3.65. The molecule has 1 aromatic carbocycles. The number of nitrogens with zero attached hydrogens (tertiary/aromatic N) is 2. The first-order valence-corrected chi connectivity index (χ1v) is 11.1. The van der Waals surface area contributed by atoms with E-state index in [9.17, 15) is 13.2 Å². The van der Waals surface area contributed by atoms with Gasteiger partial charge in [-0.2, -0.15) is 13.2 Å². The first-order chi connectivity index (χ1) is 14.9. The topological polar surface area (TPSA) is 58.1 Å². The van der Waals surface area contributed by atoms with Crippen molar-refractivity contribution in [3.8, 4) is 0 Å². The van der Waals surface area contributed by atoms with E-state index in [0.717, 1.165) is 69.2 Å². The highest BCUT2D eigenvalue weighted by Gasteiger charge is 2.30. The van der Waals surface area contributed by atoms with Gasteiger partial charge in [0, 0.05) is 38.8 Å². The molecule has 2 atom stereocenters. The Labute approximate surface area is 205 Å². The van der Waals surface area contributed by atoms with Gasteiger partial charge in [-0.05, 0) is 43.9 Å². The molecular weight excluding hydrogens is 536 g/mol. The normalized spacial score (nSPS) is 22.1. The number of nitrogens with one attached hydrogen (secondary N) is 2. The Kier molecular flexibility index (Phi) is 11.5. The molecule has 0 bridgehead atoms. The van der Waals surface area contributed by atoms with Crippen LogP contribution in [0.4, 0.5) is 13.2 Å². The molecule has 1 aromatic rings. The summed E-state index contributed by atoms with van der Waals surface area (Å²) in [4.78, 5) is 6.83. The third-order valence-corrected chi connectivity index (χ3v) is 5.48. The van der Waals surface area contributed by atoms with E-state index >= 15 is 0 Å². The van der Waals surface area contributed by atoms with Gasteiger partial charge in [-0.15, -0.1) is 24.0 Å². The van der Waals surface area contributed by atoms with E-state index < -0.39 is 11.7 Å². The largest absolute Gasteiger partial charge is 0.416 e. The lowest BCUT2D eigenvalue weighted by Gasteiger charge is -2.19. The molecule has 2 aliphatic heterocycles. The van der Waals surface area contributed by atoms with Crippen molar-refractivity contribution in [3.63, 3.8) is 0 Å². The molecule has 0 amide bonds. The first kappa shape index (κ1) is 27.1. The maximum absolute atomic E-state index is 12.7. The molecule has 2 saturated heterocycles. The van der Waals surface area contributed by atoms with Crippen molar-refractivity contribution in [1.29, 1.82) is 0 Å². The van der Waals surface area contributed by atoms with Gasteiger partial charge in [0.05, 0.1) is 31.4 Å². The average molecular weight is 570 g/mol. The van der Waals surface area contributed by atoms with E-state index in [4.69, 9.17) is 9.47 Å². The highest BCUT2D eigenvalue weighted by Crippen LogP contribution is 2.29. The number of hydrogen-bond donors (Lipinski definition) is 2. The zero-order chi connectivity index (χ0) is 22.1. The maximum atomic E-state index is 12.7. The van der Waals surface area contributed by atoms with Crippen LogP contribution in [0.5, 0.6) is 0 Å².